The largest absolute Gasteiger partial charge is 0.385 e. The van der Waals surface area contributed by atoms with E-state index in [9.17, 15) is 4.79 Å². The summed E-state index contributed by atoms with van der Waals surface area (Å²) in [5.74, 6) is 0. The zero-order chi connectivity index (χ0) is 16.9. The third-order valence-corrected chi connectivity index (χ3v) is 5.13. The molecule has 0 amide bonds. The lowest BCUT2D eigenvalue weighted by molar-refractivity contribution is 0.189. The van der Waals surface area contributed by atoms with Crippen LogP contribution in [0, 0.1) is 0 Å². The average molecular weight is 343 g/mol. The van der Waals surface area contributed by atoms with Crippen LogP contribution in [0.25, 0.3) is 10.8 Å². The van der Waals surface area contributed by atoms with Gasteiger partial charge in [0.1, 0.15) is 0 Å². The molecule has 0 saturated heterocycles. The topological polar surface area (TPSA) is 59.9 Å². The van der Waals surface area contributed by atoms with E-state index in [2.05, 4.69) is 47.5 Å². The molecule has 0 aliphatic carbocycles. The second-order valence-corrected chi connectivity index (χ2v) is 6.98. The van der Waals surface area contributed by atoms with Crippen molar-refractivity contribution in [3.63, 3.8) is 0 Å². The van der Waals surface area contributed by atoms with Gasteiger partial charge in [-0.05, 0) is 29.7 Å². The number of thioether (sulfide) groups is 1. The molecule has 0 bridgehead atoms. The summed E-state index contributed by atoms with van der Waals surface area (Å²) in [5.41, 5.74) is 1.05. The molecule has 126 valence electrons. The van der Waals surface area contributed by atoms with Crippen LogP contribution in [0.3, 0.4) is 0 Å². The van der Waals surface area contributed by atoms with E-state index in [0.717, 1.165) is 11.6 Å². The van der Waals surface area contributed by atoms with Gasteiger partial charge in [0.2, 0.25) is 0 Å². The summed E-state index contributed by atoms with van der Waals surface area (Å²) < 4.78 is 6.74. The second-order valence-electron chi connectivity index (χ2n) is 5.68. The maximum absolute atomic E-state index is 11.9. The van der Waals surface area contributed by atoms with E-state index in [1.165, 1.54) is 16.3 Å². The molecule has 1 atom stereocenters. The predicted octanol–water partition coefficient (Wildman–Crippen LogP) is 3.61. The molecule has 1 unspecified atom stereocenters. The first-order valence-electron chi connectivity index (χ1n) is 7.98. The van der Waals surface area contributed by atoms with Crippen LogP contribution in [0.4, 0.5) is 0 Å². The van der Waals surface area contributed by atoms with E-state index in [1.54, 1.807) is 23.4 Å². The molecule has 24 heavy (non-hydrogen) atoms. The second kappa shape index (κ2) is 7.68. The number of fused-ring (bicyclic) bond motifs is 1. The maximum atomic E-state index is 11.9. The van der Waals surface area contributed by atoms with Crippen LogP contribution in [0.2, 0.25) is 0 Å². The molecule has 3 rings (SSSR count). The molecule has 3 aromatic rings. The lowest BCUT2D eigenvalue weighted by Crippen LogP contribution is -2.18. The number of nitrogens with zero attached hydrogens (tertiary/aromatic N) is 2. The minimum Gasteiger partial charge on any atom is -0.385 e. The SMILES string of the molecule is COCCCn1c(SC(C)c2ccc3ccccc3c2)n[nH]c1=O. The summed E-state index contributed by atoms with van der Waals surface area (Å²) in [5, 5.41) is 10.1. The number of nitrogens with one attached hydrogen (secondary N) is 1. The van der Waals surface area contributed by atoms with Crippen LogP contribution in [-0.4, -0.2) is 28.5 Å². The number of aromatic amines is 1. The van der Waals surface area contributed by atoms with Crippen molar-refractivity contribution in [1.82, 2.24) is 14.8 Å². The lowest BCUT2D eigenvalue weighted by Gasteiger charge is -2.12. The van der Waals surface area contributed by atoms with E-state index in [-0.39, 0.29) is 10.9 Å². The van der Waals surface area contributed by atoms with E-state index in [4.69, 9.17) is 4.74 Å². The van der Waals surface area contributed by atoms with E-state index in [0.29, 0.717) is 13.2 Å². The number of methoxy groups -OCH3 is 1. The number of hydrogen-bond acceptors (Lipinski definition) is 4. The Morgan fingerprint density at radius 3 is 2.83 bits per heavy atom. The van der Waals surface area contributed by atoms with Crippen LogP contribution in [-0.2, 0) is 11.3 Å². The zero-order valence-corrected chi connectivity index (χ0v) is 14.7. The first kappa shape index (κ1) is 16.8. The fourth-order valence-corrected chi connectivity index (χ4v) is 3.64. The van der Waals surface area contributed by atoms with E-state index in [1.807, 2.05) is 12.1 Å². The Hall–Kier alpha value is -2.05. The first-order valence-corrected chi connectivity index (χ1v) is 8.86. The summed E-state index contributed by atoms with van der Waals surface area (Å²) >= 11 is 1.59. The highest BCUT2D eigenvalue weighted by Gasteiger charge is 2.14. The number of benzene rings is 2. The number of hydrogen-bond donors (Lipinski definition) is 1. The third-order valence-electron chi connectivity index (χ3n) is 3.98. The third kappa shape index (κ3) is 3.71. The van der Waals surface area contributed by atoms with Gasteiger partial charge in [0.25, 0.3) is 0 Å². The standard InChI is InChI=1S/C18H21N3O2S/c1-13(15-9-8-14-6-3-4-7-16(14)12-15)24-18-20-19-17(22)21(18)10-5-11-23-2/h3-4,6-9,12-13H,5,10-11H2,1-2H3,(H,19,22). The van der Waals surface area contributed by atoms with Gasteiger partial charge in [-0.15, -0.1) is 5.10 Å². The highest BCUT2D eigenvalue weighted by Crippen LogP contribution is 2.34. The molecule has 5 nitrogen and oxygen atoms in total. The smallest absolute Gasteiger partial charge is 0.343 e. The summed E-state index contributed by atoms with van der Waals surface area (Å²) in [6.45, 7) is 3.37. The van der Waals surface area contributed by atoms with Crippen molar-refractivity contribution in [3.05, 3.63) is 58.5 Å². The quantitative estimate of drug-likeness (QED) is 0.526. The number of aromatic nitrogens is 3. The molecular formula is C18H21N3O2S. The normalized spacial score (nSPS) is 12.6. The van der Waals surface area contributed by atoms with Crippen molar-refractivity contribution in [1.29, 1.82) is 0 Å². The molecule has 1 N–H and O–H groups in total. The molecular weight excluding hydrogens is 322 g/mol. The Bertz CT molecular complexity index is 872. The first-order chi connectivity index (χ1) is 11.7. The molecule has 0 saturated carbocycles. The van der Waals surface area contributed by atoms with Gasteiger partial charge in [-0.2, -0.15) is 0 Å². The molecule has 0 radical (unpaired) electrons. The Balaban J connectivity index is 1.78. The molecule has 0 spiro atoms. The number of rotatable bonds is 7. The monoisotopic (exact) mass is 343 g/mol. The highest BCUT2D eigenvalue weighted by atomic mass is 32.2. The lowest BCUT2D eigenvalue weighted by atomic mass is 10.1. The van der Waals surface area contributed by atoms with Gasteiger partial charge in [0.15, 0.2) is 5.16 Å². The van der Waals surface area contributed by atoms with E-state index >= 15 is 0 Å². The zero-order valence-electron chi connectivity index (χ0n) is 13.9. The Kier molecular flexibility index (Phi) is 5.37. The predicted molar refractivity (Wildman–Crippen MR) is 97.6 cm³/mol. The molecule has 0 aliphatic heterocycles. The van der Waals surface area contributed by atoms with Crippen LogP contribution >= 0.6 is 11.8 Å². The van der Waals surface area contributed by atoms with E-state index < -0.39 is 0 Å². The van der Waals surface area contributed by atoms with Gasteiger partial charge in [0, 0.05) is 25.5 Å². The van der Waals surface area contributed by atoms with Crippen LogP contribution in [0.15, 0.2) is 52.4 Å². The van der Waals surface area contributed by atoms with Crippen molar-refractivity contribution in [2.45, 2.75) is 30.3 Å². The van der Waals surface area contributed by atoms with Crippen molar-refractivity contribution < 1.29 is 4.74 Å². The van der Waals surface area contributed by atoms with Crippen LogP contribution < -0.4 is 5.69 Å². The Morgan fingerprint density at radius 1 is 1.25 bits per heavy atom. The molecule has 1 heterocycles. The fourth-order valence-electron chi connectivity index (χ4n) is 2.64. The minimum atomic E-state index is -0.167. The summed E-state index contributed by atoms with van der Waals surface area (Å²) in [4.78, 5) is 11.9. The van der Waals surface area contributed by atoms with Crippen molar-refractivity contribution in [2.75, 3.05) is 13.7 Å². The van der Waals surface area contributed by atoms with Crippen LogP contribution in [0.5, 0.6) is 0 Å². The summed E-state index contributed by atoms with van der Waals surface area (Å²) in [6.07, 6.45) is 0.786. The van der Waals surface area contributed by atoms with Gasteiger partial charge in [-0.25, -0.2) is 9.89 Å². The highest BCUT2D eigenvalue weighted by molar-refractivity contribution is 7.99. The molecule has 1 aromatic heterocycles. The molecule has 6 heteroatoms. The minimum absolute atomic E-state index is 0.167. The number of H-pyrrole nitrogens is 1. The van der Waals surface area contributed by atoms with Crippen molar-refractivity contribution >= 4 is 22.5 Å². The fraction of sp³-hybridized carbons (Fsp3) is 0.333. The Morgan fingerprint density at radius 2 is 2.04 bits per heavy atom. The van der Waals surface area contributed by atoms with Crippen molar-refractivity contribution in [2.24, 2.45) is 0 Å². The molecule has 0 fully saturated rings. The maximum Gasteiger partial charge on any atom is 0.343 e. The van der Waals surface area contributed by atoms with Crippen molar-refractivity contribution in [3.8, 4) is 0 Å². The van der Waals surface area contributed by atoms with Gasteiger partial charge in [-0.3, -0.25) is 4.57 Å². The summed E-state index contributed by atoms with van der Waals surface area (Å²) in [6, 6.07) is 14.8. The van der Waals surface area contributed by atoms with Gasteiger partial charge in [-0.1, -0.05) is 54.2 Å². The number of ether oxygens (including phenoxy) is 1. The molecule has 2 aromatic carbocycles. The Labute approximate surface area is 145 Å². The van der Waals surface area contributed by atoms with Crippen LogP contribution in [0.1, 0.15) is 24.2 Å². The average Bonchev–Trinajstić information content (AvgIpc) is 2.95. The molecule has 0 aliphatic rings. The van der Waals surface area contributed by atoms with Gasteiger partial charge < -0.3 is 4.74 Å². The summed E-state index contributed by atoms with van der Waals surface area (Å²) in [7, 11) is 1.66. The van der Waals surface area contributed by atoms with Gasteiger partial charge in [0.05, 0.1) is 0 Å². The van der Waals surface area contributed by atoms with Gasteiger partial charge >= 0.3 is 5.69 Å².